The summed E-state index contributed by atoms with van der Waals surface area (Å²) in [5.74, 6) is -0.822. The predicted molar refractivity (Wildman–Crippen MR) is 154 cm³/mol. The van der Waals surface area contributed by atoms with Crippen molar-refractivity contribution in [2.45, 2.75) is 37.5 Å². The Labute approximate surface area is 237 Å². The molecule has 2 atom stereocenters. The third-order valence-electron chi connectivity index (χ3n) is 7.65. The van der Waals surface area contributed by atoms with Crippen LogP contribution in [0.15, 0.2) is 66.9 Å². The number of hydrogen-bond donors (Lipinski definition) is 2. The zero-order chi connectivity index (χ0) is 27.8. The maximum Gasteiger partial charge on any atom is 0.292 e. The summed E-state index contributed by atoms with van der Waals surface area (Å²) in [6, 6.07) is 17.5. The standard InChI is InChI=1S/C31H31ClN4O4/c1-35-27-11-7-21(15-23(27)17-33-35)19-3-5-20(6-4-19)30(38)31(39)34-26(18-36-13-2-14-36)29(37)22-8-12-28(25(32)16-22)40-24-9-10-24/h3-8,11-12,15-17,24,26,29,37H,2,9-10,13-14,18H2,1H3,(H,34,39)/t26-,29-/m1/s1. The summed E-state index contributed by atoms with van der Waals surface area (Å²) in [7, 11) is 1.90. The molecule has 1 saturated carbocycles. The van der Waals surface area contributed by atoms with Crippen LogP contribution in [0.2, 0.25) is 5.02 Å². The van der Waals surface area contributed by atoms with Crippen LogP contribution < -0.4 is 10.1 Å². The number of aryl methyl sites for hydroxylation is 1. The lowest BCUT2D eigenvalue weighted by molar-refractivity contribution is -0.118. The molecule has 2 fully saturated rings. The van der Waals surface area contributed by atoms with Crippen LogP contribution in [0.5, 0.6) is 5.75 Å². The van der Waals surface area contributed by atoms with E-state index in [4.69, 9.17) is 16.3 Å². The van der Waals surface area contributed by atoms with Gasteiger partial charge >= 0.3 is 0 Å². The number of aromatic nitrogens is 2. The third-order valence-corrected chi connectivity index (χ3v) is 7.94. The molecular weight excluding hydrogens is 528 g/mol. The fourth-order valence-corrected chi connectivity index (χ4v) is 5.22. The minimum absolute atomic E-state index is 0.205. The Morgan fingerprint density at radius 1 is 1.07 bits per heavy atom. The lowest BCUT2D eigenvalue weighted by Gasteiger charge is -2.36. The van der Waals surface area contributed by atoms with Crippen LogP contribution in [0.1, 0.15) is 41.3 Å². The van der Waals surface area contributed by atoms with Crippen molar-refractivity contribution in [3.05, 3.63) is 83.0 Å². The van der Waals surface area contributed by atoms with Gasteiger partial charge in [0.1, 0.15) is 11.9 Å². The lowest BCUT2D eigenvalue weighted by atomic mass is 9.99. The van der Waals surface area contributed by atoms with Gasteiger partial charge in [0.25, 0.3) is 5.91 Å². The smallest absolute Gasteiger partial charge is 0.292 e. The quantitative estimate of drug-likeness (QED) is 0.219. The van der Waals surface area contributed by atoms with Gasteiger partial charge in [0.15, 0.2) is 0 Å². The number of carbonyl (C=O) groups excluding carboxylic acids is 2. The highest BCUT2D eigenvalue weighted by Gasteiger charge is 2.30. The first-order valence-corrected chi connectivity index (χ1v) is 14.0. The van der Waals surface area contributed by atoms with Crippen molar-refractivity contribution in [3.8, 4) is 16.9 Å². The van der Waals surface area contributed by atoms with Crippen LogP contribution in [0.25, 0.3) is 22.0 Å². The van der Waals surface area contributed by atoms with Gasteiger partial charge in [-0.2, -0.15) is 5.10 Å². The van der Waals surface area contributed by atoms with Crippen molar-refractivity contribution in [1.82, 2.24) is 20.0 Å². The molecule has 9 heteroatoms. The second-order valence-corrected chi connectivity index (χ2v) is 11.0. The molecule has 2 aliphatic rings. The molecule has 1 saturated heterocycles. The number of rotatable bonds is 10. The van der Waals surface area contributed by atoms with Crippen LogP contribution in [0.3, 0.4) is 0 Å². The molecule has 4 aromatic rings. The fourth-order valence-electron chi connectivity index (χ4n) is 4.98. The van der Waals surface area contributed by atoms with Crippen LogP contribution in [0, 0.1) is 0 Å². The van der Waals surface area contributed by atoms with E-state index in [-0.39, 0.29) is 11.7 Å². The van der Waals surface area contributed by atoms with E-state index in [2.05, 4.69) is 15.3 Å². The van der Waals surface area contributed by atoms with E-state index < -0.39 is 23.8 Å². The van der Waals surface area contributed by atoms with Crippen LogP contribution in [0.4, 0.5) is 0 Å². The minimum Gasteiger partial charge on any atom is -0.489 e. The lowest BCUT2D eigenvalue weighted by Crippen LogP contribution is -2.52. The van der Waals surface area contributed by atoms with Crippen LogP contribution in [-0.2, 0) is 11.8 Å². The topological polar surface area (TPSA) is 96.7 Å². The molecule has 0 spiro atoms. The number of fused-ring (bicyclic) bond motifs is 1. The molecular formula is C31H31ClN4O4. The Bertz CT molecular complexity index is 1560. The number of hydrogen-bond acceptors (Lipinski definition) is 6. The summed E-state index contributed by atoms with van der Waals surface area (Å²) >= 11 is 6.42. The number of ketones is 1. The number of amides is 1. The number of carbonyl (C=O) groups is 2. The van der Waals surface area contributed by atoms with Gasteiger partial charge in [-0.1, -0.05) is 48.0 Å². The number of halogens is 1. The average Bonchev–Trinajstić information content (AvgIpc) is 3.69. The van der Waals surface area contributed by atoms with E-state index in [0.29, 0.717) is 22.9 Å². The Morgan fingerprint density at radius 2 is 1.82 bits per heavy atom. The summed E-state index contributed by atoms with van der Waals surface area (Å²) in [5.41, 5.74) is 3.80. The number of nitrogens with one attached hydrogen (secondary N) is 1. The second-order valence-electron chi connectivity index (χ2n) is 10.6. The van der Waals surface area contributed by atoms with Gasteiger partial charge in [0, 0.05) is 24.5 Å². The zero-order valence-corrected chi connectivity index (χ0v) is 23.0. The van der Waals surface area contributed by atoms with Gasteiger partial charge in [-0.3, -0.25) is 14.3 Å². The van der Waals surface area contributed by atoms with Gasteiger partial charge in [0.2, 0.25) is 5.78 Å². The molecule has 0 radical (unpaired) electrons. The Balaban J connectivity index is 1.15. The SMILES string of the molecule is Cn1ncc2cc(-c3ccc(C(=O)C(=O)N[C@H](CN4CCC4)[C@H](O)c4ccc(OC5CC5)c(Cl)c4)cc3)ccc21. The Morgan fingerprint density at radius 3 is 2.50 bits per heavy atom. The fraction of sp³-hybridized carbons (Fsp3) is 0.323. The molecule has 1 aliphatic carbocycles. The summed E-state index contributed by atoms with van der Waals surface area (Å²) in [6.45, 7) is 2.19. The first kappa shape index (κ1) is 26.5. The van der Waals surface area contributed by atoms with E-state index in [0.717, 1.165) is 54.4 Å². The molecule has 6 rings (SSSR count). The molecule has 0 bridgehead atoms. The molecule has 8 nitrogen and oxygen atoms in total. The van der Waals surface area contributed by atoms with Gasteiger partial charge in [0.05, 0.1) is 28.9 Å². The predicted octanol–water partition coefficient (Wildman–Crippen LogP) is 4.54. The molecule has 1 amide bonds. The summed E-state index contributed by atoms with van der Waals surface area (Å²) in [6.07, 6.45) is 4.07. The number of ether oxygens (including phenoxy) is 1. The molecule has 2 N–H and O–H groups in total. The van der Waals surface area contributed by atoms with Crippen molar-refractivity contribution in [1.29, 1.82) is 0 Å². The molecule has 40 heavy (non-hydrogen) atoms. The van der Waals surface area contributed by atoms with E-state index in [1.807, 2.05) is 48.3 Å². The summed E-state index contributed by atoms with van der Waals surface area (Å²) in [5, 5.41) is 19.8. The highest BCUT2D eigenvalue weighted by molar-refractivity contribution is 6.42. The molecule has 0 unspecified atom stereocenters. The number of nitrogens with zero attached hydrogens (tertiary/aromatic N) is 3. The van der Waals surface area contributed by atoms with E-state index in [9.17, 15) is 14.7 Å². The Kier molecular flexibility index (Phi) is 7.31. The first-order chi connectivity index (χ1) is 19.4. The zero-order valence-electron chi connectivity index (χ0n) is 22.2. The van der Waals surface area contributed by atoms with E-state index in [1.165, 1.54) is 0 Å². The highest BCUT2D eigenvalue weighted by Crippen LogP contribution is 2.34. The summed E-state index contributed by atoms with van der Waals surface area (Å²) in [4.78, 5) is 28.3. The van der Waals surface area contributed by atoms with Gasteiger partial charge in [-0.15, -0.1) is 0 Å². The monoisotopic (exact) mass is 558 g/mol. The summed E-state index contributed by atoms with van der Waals surface area (Å²) < 4.78 is 7.62. The van der Waals surface area contributed by atoms with E-state index in [1.54, 1.807) is 30.3 Å². The van der Waals surface area contributed by atoms with Gasteiger partial charge in [-0.25, -0.2) is 0 Å². The number of aliphatic hydroxyl groups excluding tert-OH is 1. The van der Waals surface area contributed by atoms with Crippen molar-refractivity contribution in [2.75, 3.05) is 19.6 Å². The number of aliphatic hydroxyl groups is 1. The molecule has 1 aromatic heterocycles. The largest absolute Gasteiger partial charge is 0.489 e. The highest BCUT2D eigenvalue weighted by atomic mass is 35.5. The average molecular weight is 559 g/mol. The number of Topliss-reactive ketones (excluding diaryl/α,β-unsaturated/α-hetero) is 1. The van der Waals surface area contributed by atoms with Crippen LogP contribution >= 0.6 is 11.6 Å². The molecule has 2 heterocycles. The molecule has 206 valence electrons. The van der Waals surface area contributed by atoms with Gasteiger partial charge in [-0.05, 0) is 73.3 Å². The van der Waals surface area contributed by atoms with Crippen molar-refractivity contribution < 1.29 is 19.4 Å². The van der Waals surface area contributed by atoms with Crippen LogP contribution in [-0.4, -0.2) is 63.3 Å². The molecule has 3 aromatic carbocycles. The van der Waals surface area contributed by atoms with Gasteiger partial charge < -0.3 is 20.1 Å². The van der Waals surface area contributed by atoms with E-state index >= 15 is 0 Å². The first-order valence-electron chi connectivity index (χ1n) is 13.6. The van der Waals surface area contributed by atoms with Crippen molar-refractivity contribution in [3.63, 3.8) is 0 Å². The third kappa shape index (κ3) is 5.61. The second kappa shape index (κ2) is 11.0. The maximum absolute atomic E-state index is 13.1. The molecule has 1 aliphatic heterocycles. The maximum atomic E-state index is 13.1. The van der Waals surface area contributed by atoms with Crippen molar-refractivity contribution >= 4 is 34.2 Å². The number of benzene rings is 3. The van der Waals surface area contributed by atoms with Crippen molar-refractivity contribution in [2.24, 2.45) is 7.05 Å². The number of likely N-dealkylation sites (tertiary alicyclic amines) is 1. The minimum atomic E-state index is -1.05. The Hall–Kier alpha value is -3.72. The normalized spacial score (nSPS) is 16.8.